The van der Waals surface area contributed by atoms with Gasteiger partial charge in [-0.1, -0.05) is 25.7 Å². The second-order valence-electron chi connectivity index (χ2n) is 3.62. The molecule has 0 amide bonds. The van der Waals surface area contributed by atoms with Gasteiger partial charge in [0.05, 0.1) is 12.7 Å². The van der Waals surface area contributed by atoms with Crippen LogP contribution in [0.5, 0.6) is 0 Å². The fourth-order valence-electron chi connectivity index (χ4n) is 2.01. The molecule has 10 heavy (non-hydrogen) atoms. The van der Waals surface area contributed by atoms with E-state index in [1.165, 1.54) is 38.5 Å². The Balaban J connectivity index is 1.81. The zero-order valence-corrected chi connectivity index (χ0v) is 6.51. The van der Waals surface area contributed by atoms with Gasteiger partial charge in [0.1, 0.15) is 0 Å². The minimum Gasteiger partial charge on any atom is -0.373 e. The summed E-state index contributed by atoms with van der Waals surface area (Å²) in [4.78, 5) is 0. The van der Waals surface area contributed by atoms with Crippen LogP contribution in [0.15, 0.2) is 0 Å². The summed E-state index contributed by atoms with van der Waals surface area (Å²) in [5.74, 6) is 0.933. The van der Waals surface area contributed by atoms with Crippen molar-refractivity contribution in [3.05, 3.63) is 0 Å². The minimum atomic E-state index is 0.679. The molecule has 1 saturated heterocycles. The first-order valence-electron chi connectivity index (χ1n) is 4.58. The molecule has 1 nitrogen and oxygen atoms in total. The molecule has 58 valence electrons. The van der Waals surface area contributed by atoms with Crippen LogP contribution >= 0.6 is 0 Å². The molecular formula is C9H16O. The van der Waals surface area contributed by atoms with Crippen LogP contribution in [-0.2, 0) is 4.74 Å². The lowest BCUT2D eigenvalue weighted by molar-refractivity contribution is 0.305. The van der Waals surface area contributed by atoms with Crippen molar-refractivity contribution < 1.29 is 4.74 Å². The molecule has 0 bridgehead atoms. The molecule has 1 aliphatic carbocycles. The Kier molecular flexibility index (Phi) is 1.94. The topological polar surface area (TPSA) is 12.5 Å². The summed E-state index contributed by atoms with van der Waals surface area (Å²) < 4.78 is 5.30. The van der Waals surface area contributed by atoms with Crippen molar-refractivity contribution in [2.45, 2.75) is 44.6 Å². The molecule has 2 fully saturated rings. The predicted molar refractivity (Wildman–Crippen MR) is 40.9 cm³/mol. The van der Waals surface area contributed by atoms with Crippen LogP contribution in [-0.4, -0.2) is 12.7 Å². The van der Waals surface area contributed by atoms with E-state index < -0.39 is 0 Å². The summed E-state index contributed by atoms with van der Waals surface area (Å²) >= 11 is 0. The van der Waals surface area contributed by atoms with Gasteiger partial charge >= 0.3 is 0 Å². The van der Waals surface area contributed by atoms with E-state index in [-0.39, 0.29) is 0 Å². The quantitative estimate of drug-likeness (QED) is 0.402. The van der Waals surface area contributed by atoms with Gasteiger partial charge in [-0.05, 0) is 18.8 Å². The molecule has 1 saturated carbocycles. The highest BCUT2D eigenvalue weighted by atomic mass is 16.6. The van der Waals surface area contributed by atoms with Crippen LogP contribution in [0.2, 0.25) is 0 Å². The first kappa shape index (κ1) is 6.66. The van der Waals surface area contributed by atoms with Crippen molar-refractivity contribution in [2.75, 3.05) is 6.61 Å². The average molecular weight is 140 g/mol. The first-order valence-corrected chi connectivity index (χ1v) is 4.58. The highest BCUT2D eigenvalue weighted by Gasteiger charge is 2.32. The largest absolute Gasteiger partial charge is 0.373 e. The lowest BCUT2D eigenvalue weighted by atomic mass is 9.97. The summed E-state index contributed by atoms with van der Waals surface area (Å²) in [5, 5.41) is 0. The normalized spacial score (nSPS) is 35.4. The maximum Gasteiger partial charge on any atom is 0.0838 e. The predicted octanol–water partition coefficient (Wildman–Crippen LogP) is 2.36. The summed E-state index contributed by atoms with van der Waals surface area (Å²) in [5.41, 5.74) is 0. The smallest absolute Gasteiger partial charge is 0.0838 e. The minimum absolute atomic E-state index is 0.679. The van der Waals surface area contributed by atoms with Gasteiger partial charge in [0.2, 0.25) is 0 Å². The van der Waals surface area contributed by atoms with Crippen molar-refractivity contribution in [3.63, 3.8) is 0 Å². The second kappa shape index (κ2) is 2.91. The Morgan fingerprint density at radius 1 is 0.900 bits per heavy atom. The maximum atomic E-state index is 5.30. The second-order valence-corrected chi connectivity index (χ2v) is 3.62. The summed E-state index contributed by atoms with van der Waals surface area (Å²) in [6.07, 6.45) is 9.37. The molecule has 0 aromatic carbocycles. The lowest BCUT2D eigenvalue weighted by Crippen LogP contribution is -2.05. The van der Waals surface area contributed by atoms with Crippen LogP contribution in [0.25, 0.3) is 0 Å². The van der Waals surface area contributed by atoms with Gasteiger partial charge in [-0.15, -0.1) is 0 Å². The molecule has 0 N–H and O–H groups in total. The highest BCUT2D eigenvalue weighted by molar-refractivity contribution is 4.80. The molecule has 0 radical (unpaired) electrons. The van der Waals surface area contributed by atoms with E-state index in [1.807, 2.05) is 0 Å². The van der Waals surface area contributed by atoms with Gasteiger partial charge in [0.25, 0.3) is 0 Å². The molecule has 2 aliphatic rings. The fourth-order valence-corrected chi connectivity index (χ4v) is 2.01. The van der Waals surface area contributed by atoms with Crippen molar-refractivity contribution >= 4 is 0 Å². The molecule has 0 spiro atoms. The molecular weight excluding hydrogens is 124 g/mol. The lowest BCUT2D eigenvalue weighted by Gasteiger charge is -2.08. The number of hydrogen-bond acceptors (Lipinski definition) is 1. The van der Waals surface area contributed by atoms with E-state index in [0.717, 1.165) is 12.5 Å². The zero-order chi connectivity index (χ0) is 6.81. The van der Waals surface area contributed by atoms with Crippen LogP contribution in [0, 0.1) is 5.92 Å². The van der Waals surface area contributed by atoms with E-state index in [9.17, 15) is 0 Å². The van der Waals surface area contributed by atoms with E-state index in [2.05, 4.69) is 0 Å². The van der Waals surface area contributed by atoms with E-state index >= 15 is 0 Å². The molecule has 1 unspecified atom stereocenters. The van der Waals surface area contributed by atoms with Crippen molar-refractivity contribution in [2.24, 2.45) is 5.92 Å². The number of rotatable bonds is 1. The summed E-state index contributed by atoms with van der Waals surface area (Å²) in [7, 11) is 0. The van der Waals surface area contributed by atoms with E-state index in [0.29, 0.717) is 6.10 Å². The van der Waals surface area contributed by atoms with Gasteiger partial charge in [-0.3, -0.25) is 0 Å². The third kappa shape index (κ3) is 1.51. The van der Waals surface area contributed by atoms with E-state index in [4.69, 9.17) is 4.74 Å². The summed E-state index contributed by atoms with van der Waals surface area (Å²) in [6.45, 7) is 1.06. The monoisotopic (exact) mass is 140 g/mol. The molecule has 1 atom stereocenters. The first-order chi connectivity index (χ1) is 4.97. The molecule has 0 aromatic rings. The van der Waals surface area contributed by atoms with Gasteiger partial charge in [-0.25, -0.2) is 0 Å². The van der Waals surface area contributed by atoms with Gasteiger partial charge in [-0.2, -0.15) is 0 Å². The molecule has 0 aromatic heterocycles. The van der Waals surface area contributed by atoms with Crippen LogP contribution < -0.4 is 0 Å². The number of hydrogen-bond donors (Lipinski definition) is 0. The van der Waals surface area contributed by atoms with Crippen molar-refractivity contribution in [3.8, 4) is 0 Å². The standard InChI is InChI=1S/C9H16O/c1-2-4-6-8(5-3-1)9-7-10-9/h8-9H,1-7H2. The highest BCUT2D eigenvalue weighted by Crippen LogP contribution is 2.32. The van der Waals surface area contributed by atoms with Crippen LogP contribution in [0.4, 0.5) is 0 Å². The maximum absolute atomic E-state index is 5.30. The number of ether oxygens (including phenoxy) is 1. The Hall–Kier alpha value is -0.0400. The van der Waals surface area contributed by atoms with Crippen LogP contribution in [0.1, 0.15) is 38.5 Å². The Labute approximate surface area is 62.8 Å². The Morgan fingerprint density at radius 2 is 1.50 bits per heavy atom. The third-order valence-corrected chi connectivity index (χ3v) is 2.78. The molecule has 1 heterocycles. The van der Waals surface area contributed by atoms with Crippen LogP contribution in [0.3, 0.4) is 0 Å². The van der Waals surface area contributed by atoms with Crippen molar-refractivity contribution in [1.82, 2.24) is 0 Å². The Morgan fingerprint density at radius 3 is 2.00 bits per heavy atom. The molecule has 2 rings (SSSR count). The van der Waals surface area contributed by atoms with Crippen molar-refractivity contribution in [1.29, 1.82) is 0 Å². The number of epoxide rings is 1. The molecule has 1 heteroatoms. The van der Waals surface area contributed by atoms with E-state index in [1.54, 1.807) is 0 Å². The zero-order valence-electron chi connectivity index (χ0n) is 6.51. The average Bonchev–Trinajstić information content (AvgIpc) is 2.76. The van der Waals surface area contributed by atoms with Gasteiger partial charge in [0, 0.05) is 0 Å². The van der Waals surface area contributed by atoms with Gasteiger partial charge in [0.15, 0.2) is 0 Å². The summed E-state index contributed by atoms with van der Waals surface area (Å²) in [6, 6.07) is 0. The Bertz CT molecular complexity index is 99.3. The fraction of sp³-hybridized carbons (Fsp3) is 1.00. The molecule has 1 aliphatic heterocycles. The van der Waals surface area contributed by atoms with Gasteiger partial charge < -0.3 is 4.74 Å². The SMILES string of the molecule is C1CCCC(C2CO2)CC1. The third-order valence-electron chi connectivity index (χ3n) is 2.78.